The van der Waals surface area contributed by atoms with Gasteiger partial charge in [-0.15, -0.1) is 0 Å². The van der Waals surface area contributed by atoms with Crippen LogP contribution in [0.25, 0.3) is 0 Å². The van der Waals surface area contributed by atoms with Crippen molar-refractivity contribution in [3.05, 3.63) is 54.1 Å². The zero-order valence-electron chi connectivity index (χ0n) is 18.9. The van der Waals surface area contributed by atoms with Crippen molar-refractivity contribution < 1.29 is 27.5 Å². The molecule has 2 aromatic rings. The third kappa shape index (κ3) is 6.69. The van der Waals surface area contributed by atoms with Crippen LogP contribution in [0.5, 0.6) is 5.75 Å². The first-order chi connectivity index (χ1) is 15.6. The lowest BCUT2D eigenvalue weighted by Crippen LogP contribution is -2.34. The Bertz CT molecular complexity index is 1080. The number of anilines is 2. The van der Waals surface area contributed by atoms with Crippen molar-refractivity contribution in [3.8, 4) is 5.75 Å². The summed E-state index contributed by atoms with van der Waals surface area (Å²) in [7, 11) is -1.92. The van der Waals surface area contributed by atoms with E-state index in [0.717, 1.165) is 23.4 Å². The molecule has 2 atom stereocenters. The summed E-state index contributed by atoms with van der Waals surface area (Å²) >= 11 is 0. The highest BCUT2D eigenvalue weighted by atomic mass is 32.2. The van der Waals surface area contributed by atoms with Gasteiger partial charge in [0, 0.05) is 20.2 Å². The number of sulfonamides is 1. The van der Waals surface area contributed by atoms with E-state index in [-0.39, 0.29) is 12.0 Å². The summed E-state index contributed by atoms with van der Waals surface area (Å²) in [6.45, 7) is 2.72. The van der Waals surface area contributed by atoms with Crippen molar-refractivity contribution in [2.45, 2.75) is 32.0 Å². The molecule has 1 saturated heterocycles. The maximum Gasteiger partial charge on any atom is 0.265 e. The quantitative estimate of drug-likeness (QED) is 0.576. The number of benzene rings is 2. The largest absolute Gasteiger partial charge is 0.481 e. The molecule has 10 heteroatoms. The monoisotopic (exact) mass is 475 g/mol. The molecule has 0 bridgehead atoms. The number of carbonyl (C=O) groups excluding carboxylic acids is 2. The highest BCUT2D eigenvalue weighted by Crippen LogP contribution is 2.22. The fraction of sp³-hybridized carbons (Fsp3) is 0.391. The Kier molecular flexibility index (Phi) is 7.93. The van der Waals surface area contributed by atoms with Crippen LogP contribution in [-0.4, -0.2) is 58.9 Å². The van der Waals surface area contributed by atoms with Gasteiger partial charge >= 0.3 is 0 Å². The number of rotatable bonds is 9. The third-order valence-electron chi connectivity index (χ3n) is 5.32. The number of ether oxygens (including phenoxy) is 2. The Morgan fingerprint density at radius 3 is 2.52 bits per heavy atom. The minimum absolute atomic E-state index is 0.0211. The maximum atomic E-state index is 12.7. The second-order valence-electron chi connectivity index (χ2n) is 7.86. The molecular weight excluding hydrogens is 446 g/mol. The number of nitrogens with one attached hydrogen (secondary N) is 2. The van der Waals surface area contributed by atoms with Crippen molar-refractivity contribution in [1.29, 1.82) is 0 Å². The molecule has 1 heterocycles. The molecule has 33 heavy (non-hydrogen) atoms. The number of carbonyl (C=O) groups is 2. The predicted octanol–water partition coefficient (Wildman–Crippen LogP) is 2.40. The van der Waals surface area contributed by atoms with Crippen LogP contribution >= 0.6 is 0 Å². The first-order valence-corrected chi connectivity index (χ1v) is 12.5. The summed E-state index contributed by atoms with van der Waals surface area (Å²) in [4.78, 5) is 25.3. The molecule has 0 saturated carbocycles. The number of nitrogens with zero attached hydrogens (tertiary/aromatic N) is 1. The fourth-order valence-corrected chi connectivity index (χ4v) is 3.82. The summed E-state index contributed by atoms with van der Waals surface area (Å²) in [5, 5.41) is 5.60. The number of hydrogen-bond donors (Lipinski definition) is 2. The Labute approximate surface area is 194 Å². The van der Waals surface area contributed by atoms with Crippen molar-refractivity contribution in [3.63, 3.8) is 0 Å². The van der Waals surface area contributed by atoms with Gasteiger partial charge in [0.2, 0.25) is 10.0 Å². The van der Waals surface area contributed by atoms with Gasteiger partial charge in [0.15, 0.2) is 6.10 Å². The minimum Gasteiger partial charge on any atom is -0.481 e. The van der Waals surface area contributed by atoms with Crippen molar-refractivity contribution in [2.24, 2.45) is 0 Å². The normalized spacial score (nSPS) is 16.6. The lowest BCUT2D eigenvalue weighted by Gasteiger charge is -2.19. The highest BCUT2D eigenvalue weighted by Gasteiger charge is 2.21. The molecule has 1 aliphatic heterocycles. The van der Waals surface area contributed by atoms with Crippen molar-refractivity contribution in [1.82, 2.24) is 5.32 Å². The molecule has 0 aliphatic carbocycles. The Morgan fingerprint density at radius 1 is 1.18 bits per heavy atom. The molecule has 0 unspecified atom stereocenters. The van der Waals surface area contributed by atoms with Gasteiger partial charge < -0.3 is 20.1 Å². The molecule has 178 valence electrons. The Morgan fingerprint density at radius 2 is 1.88 bits per heavy atom. The van der Waals surface area contributed by atoms with E-state index < -0.39 is 22.0 Å². The zero-order valence-corrected chi connectivity index (χ0v) is 19.7. The molecule has 0 spiro atoms. The highest BCUT2D eigenvalue weighted by molar-refractivity contribution is 7.92. The van der Waals surface area contributed by atoms with Gasteiger partial charge in [-0.1, -0.05) is 12.1 Å². The van der Waals surface area contributed by atoms with Crippen molar-refractivity contribution in [2.75, 3.05) is 36.1 Å². The minimum atomic E-state index is -3.37. The van der Waals surface area contributed by atoms with Gasteiger partial charge in [0.05, 0.1) is 29.3 Å². The number of hydrogen-bond acceptors (Lipinski definition) is 6. The zero-order chi connectivity index (χ0) is 24.0. The van der Waals surface area contributed by atoms with Crippen LogP contribution < -0.4 is 19.7 Å². The van der Waals surface area contributed by atoms with Gasteiger partial charge in [-0.3, -0.25) is 13.9 Å². The topological polar surface area (TPSA) is 114 Å². The molecule has 9 nitrogen and oxygen atoms in total. The van der Waals surface area contributed by atoms with Gasteiger partial charge in [-0.05, 0) is 56.2 Å². The van der Waals surface area contributed by atoms with Gasteiger partial charge in [0.1, 0.15) is 5.75 Å². The maximum absolute atomic E-state index is 12.7. The summed E-state index contributed by atoms with van der Waals surface area (Å²) in [5.74, 6) is -0.307. The molecule has 1 fully saturated rings. The van der Waals surface area contributed by atoms with E-state index in [9.17, 15) is 18.0 Å². The second kappa shape index (κ2) is 10.7. The van der Waals surface area contributed by atoms with Gasteiger partial charge in [0.25, 0.3) is 11.8 Å². The average Bonchev–Trinajstić information content (AvgIpc) is 3.31. The van der Waals surface area contributed by atoms with E-state index in [1.807, 2.05) is 0 Å². The van der Waals surface area contributed by atoms with Crippen LogP contribution in [0, 0.1) is 0 Å². The summed E-state index contributed by atoms with van der Waals surface area (Å²) < 4.78 is 35.7. The van der Waals surface area contributed by atoms with Crippen LogP contribution in [0.2, 0.25) is 0 Å². The van der Waals surface area contributed by atoms with Crippen LogP contribution in [0.3, 0.4) is 0 Å². The van der Waals surface area contributed by atoms with E-state index in [1.165, 1.54) is 7.05 Å². The second-order valence-corrected chi connectivity index (χ2v) is 9.88. The Hall–Kier alpha value is -3.11. The molecule has 0 aromatic heterocycles. The first-order valence-electron chi connectivity index (χ1n) is 10.7. The molecule has 0 radical (unpaired) electrons. The summed E-state index contributed by atoms with van der Waals surface area (Å²) in [6.07, 6.45) is 2.19. The van der Waals surface area contributed by atoms with E-state index in [0.29, 0.717) is 35.8 Å². The van der Waals surface area contributed by atoms with Crippen LogP contribution in [-0.2, 0) is 19.6 Å². The lowest BCUT2D eigenvalue weighted by molar-refractivity contribution is -0.122. The van der Waals surface area contributed by atoms with Crippen LogP contribution in [0.4, 0.5) is 11.4 Å². The molecule has 2 N–H and O–H groups in total. The first kappa shape index (κ1) is 24.5. The predicted molar refractivity (Wildman–Crippen MR) is 126 cm³/mol. The standard InChI is InChI=1S/C23H29N3O6S/c1-16(32-18-12-10-17(11-13-18)26(2)33(3,29)30)22(27)25-21-9-5-4-8-20(21)23(28)24-15-19-7-6-14-31-19/h4-5,8-13,16,19H,6-7,14-15H2,1-3H3,(H,24,28)(H,25,27)/t16-,19-/m1/s1. The van der Waals surface area contributed by atoms with E-state index in [1.54, 1.807) is 55.5 Å². The van der Waals surface area contributed by atoms with E-state index in [2.05, 4.69) is 10.6 Å². The molecular formula is C23H29N3O6S. The number of para-hydroxylation sites is 1. The lowest BCUT2D eigenvalue weighted by atomic mass is 10.1. The van der Waals surface area contributed by atoms with Crippen LogP contribution in [0.15, 0.2) is 48.5 Å². The van der Waals surface area contributed by atoms with Gasteiger partial charge in [-0.25, -0.2) is 8.42 Å². The SMILES string of the molecule is C[C@@H](Oc1ccc(N(C)S(C)(=O)=O)cc1)C(=O)Nc1ccccc1C(=O)NC[C@H]1CCCO1. The van der Waals surface area contributed by atoms with Gasteiger partial charge in [-0.2, -0.15) is 0 Å². The smallest absolute Gasteiger partial charge is 0.265 e. The molecule has 2 amide bonds. The third-order valence-corrected chi connectivity index (χ3v) is 6.53. The fourth-order valence-electron chi connectivity index (χ4n) is 3.32. The molecule has 1 aliphatic rings. The number of amides is 2. The van der Waals surface area contributed by atoms with Crippen LogP contribution in [0.1, 0.15) is 30.1 Å². The average molecular weight is 476 g/mol. The summed E-state index contributed by atoms with van der Waals surface area (Å²) in [6, 6.07) is 13.1. The van der Waals surface area contributed by atoms with Crippen molar-refractivity contribution >= 4 is 33.2 Å². The summed E-state index contributed by atoms with van der Waals surface area (Å²) in [5.41, 5.74) is 1.21. The molecule has 2 aromatic carbocycles. The Balaban J connectivity index is 1.60. The van der Waals surface area contributed by atoms with E-state index >= 15 is 0 Å². The van der Waals surface area contributed by atoms with E-state index in [4.69, 9.17) is 9.47 Å². The molecule has 3 rings (SSSR count).